The molecule has 0 fully saturated rings. The monoisotopic (exact) mass is 275 g/mol. The van der Waals surface area contributed by atoms with Crippen molar-refractivity contribution in [3.8, 4) is 0 Å². The summed E-state index contributed by atoms with van der Waals surface area (Å²) in [5.41, 5.74) is 6.92. The van der Waals surface area contributed by atoms with E-state index in [4.69, 9.17) is 10.5 Å². The standard InChI is InChI=1S/C11H15BrFNO/c1-7(15-2)11(14)5-8-3-4-9(13)6-10(8)12/h3-4,6-7,11H,5,14H2,1-2H3. The zero-order valence-electron chi connectivity index (χ0n) is 8.84. The van der Waals surface area contributed by atoms with E-state index in [1.54, 1.807) is 13.2 Å². The van der Waals surface area contributed by atoms with Gasteiger partial charge in [-0.05, 0) is 31.0 Å². The van der Waals surface area contributed by atoms with Crippen LogP contribution in [0.25, 0.3) is 0 Å². The number of rotatable bonds is 4. The van der Waals surface area contributed by atoms with Crippen LogP contribution in [0.1, 0.15) is 12.5 Å². The summed E-state index contributed by atoms with van der Waals surface area (Å²) in [6, 6.07) is 4.53. The van der Waals surface area contributed by atoms with Gasteiger partial charge in [-0.25, -0.2) is 4.39 Å². The number of nitrogens with two attached hydrogens (primary N) is 1. The van der Waals surface area contributed by atoms with Crippen molar-refractivity contribution in [3.63, 3.8) is 0 Å². The molecule has 0 spiro atoms. The molecule has 1 aromatic rings. The van der Waals surface area contributed by atoms with Crippen LogP contribution in [0.5, 0.6) is 0 Å². The first-order valence-electron chi connectivity index (χ1n) is 4.77. The van der Waals surface area contributed by atoms with Crippen LogP contribution in [0.2, 0.25) is 0 Å². The Hall–Kier alpha value is -0.450. The maximum atomic E-state index is 12.8. The summed E-state index contributed by atoms with van der Waals surface area (Å²) in [6.45, 7) is 1.92. The highest BCUT2D eigenvalue weighted by molar-refractivity contribution is 9.10. The molecule has 2 N–H and O–H groups in total. The fourth-order valence-corrected chi connectivity index (χ4v) is 1.79. The van der Waals surface area contributed by atoms with Crippen molar-refractivity contribution in [3.05, 3.63) is 34.1 Å². The third kappa shape index (κ3) is 3.55. The number of ether oxygens (including phenoxy) is 1. The molecule has 0 aliphatic rings. The number of hydrogen-bond acceptors (Lipinski definition) is 2. The van der Waals surface area contributed by atoms with E-state index in [1.165, 1.54) is 12.1 Å². The average Bonchev–Trinajstić information content (AvgIpc) is 2.20. The van der Waals surface area contributed by atoms with Crippen molar-refractivity contribution >= 4 is 15.9 Å². The summed E-state index contributed by atoms with van der Waals surface area (Å²) in [6.07, 6.45) is 0.650. The van der Waals surface area contributed by atoms with E-state index in [9.17, 15) is 4.39 Å². The van der Waals surface area contributed by atoms with Crippen molar-refractivity contribution in [2.45, 2.75) is 25.5 Å². The predicted molar refractivity (Wildman–Crippen MR) is 62.3 cm³/mol. The molecule has 0 saturated carbocycles. The Morgan fingerprint density at radius 3 is 2.73 bits per heavy atom. The molecular weight excluding hydrogens is 261 g/mol. The summed E-state index contributed by atoms with van der Waals surface area (Å²) in [7, 11) is 1.63. The molecule has 0 aliphatic heterocycles. The van der Waals surface area contributed by atoms with Gasteiger partial charge in [-0.1, -0.05) is 22.0 Å². The van der Waals surface area contributed by atoms with Gasteiger partial charge in [-0.3, -0.25) is 0 Å². The van der Waals surface area contributed by atoms with Crippen LogP contribution < -0.4 is 5.73 Å². The van der Waals surface area contributed by atoms with Gasteiger partial charge in [0.1, 0.15) is 5.82 Å². The van der Waals surface area contributed by atoms with Gasteiger partial charge in [0, 0.05) is 17.6 Å². The van der Waals surface area contributed by atoms with Gasteiger partial charge in [0.05, 0.1) is 6.10 Å². The molecular formula is C11H15BrFNO. The highest BCUT2D eigenvalue weighted by Gasteiger charge is 2.14. The number of benzene rings is 1. The molecule has 2 unspecified atom stereocenters. The first-order valence-corrected chi connectivity index (χ1v) is 5.56. The minimum Gasteiger partial charge on any atom is -0.380 e. The molecule has 1 rings (SSSR count). The van der Waals surface area contributed by atoms with E-state index in [2.05, 4.69) is 15.9 Å². The van der Waals surface area contributed by atoms with Crippen LogP contribution in [-0.4, -0.2) is 19.3 Å². The third-order valence-corrected chi connectivity index (χ3v) is 3.18. The molecule has 0 bridgehead atoms. The van der Waals surface area contributed by atoms with Crippen LogP contribution in [0.4, 0.5) is 4.39 Å². The molecule has 0 amide bonds. The Bertz CT molecular complexity index is 332. The molecule has 0 saturated heterocycles. The molecule has 4 heteroatoms. The van der Waals surface area contributed by atoms with Gasteiger partial charge in [-0.15, -0.1) is 0 Å². The molecule has 0 aliphatic carbocycles. The highest BCUT2D eigenvalue weighted by atomic mass is 79.9. The Kier molecular flexibility index (Phi) is 4.70. The SMILES string of the molecule is COC(C)C(N)Cc1ccc(F)cc1Br. The zero-order chi connectivity index (χ0) is 11.4. The van der Waals surface area contributed by atoms with E-state index in [-0.39, 0.29) is 18.0 Å². The van der Waals surface area contributed by atoms with Gasteiger partial charge in [-0.2, -0.15) is 0 Å². The second kappa shape index (κ2) is 5.58. The Labute approximate surface area is 97.7 Å². The number of halogens is 2. The van der Waals surface area contributed by atoms with E-state index in [1.807, 2.05) is 6.92 Å². The van der Waals surface area contributed by atoms with Gasteiger partial charge in [0.25, 0.3) is 0 Å². The van der Waals surface area contributed by atoms with E-state index < -0.39 is 0 Å². The zero-order valence-corrected chi connectivity index (χ0v) is 10.4. The first-order chi connectivity index (χ1) is 7.04. The Morgan fingerprint density at radius 2 is 2.20 bits per heavy atom. The van der Waals surface area contributed by atoms with Crippen LogP contribution in [0.3, 0.4) is 0 Å². The maximum Gasteiger partial charge on any atom is 0.124 e. The molecule has 1 aromatic carbocycles. The summed E-state index contributed by atoms with van der Waals surface area (Å²) in [4.78, 5) is 0. The minimum absolute atomic E-state index is 0.0121. The molecule has 15 heavy (non-hydrogen) atoms. The van der Waals surface area contributed by atoms with Gasteiger partial charge >= 0.3 is 0 Å². The van der Waals surface area contributed by atoms with Crippen molar-refractivity contribution in [1.82, 2.24) is 0 Å². The lowest BCUT2D eigenvalue weighted by Gasteiger charge is -2.18. The largest absolute Gasteiger partial charge is 0.380 e. The topological polar surface area (TPSA) is 35.2 Å². The Morgan fingerprint density at radius 1 is 1.53 bits per heavy atom. The van der Waals surface area contributed by atoms with E-state index in [0.29, 0.717) is 6.42 Å². The maximum absolute atomic E-state index is 12.8. The second-order valence-corrected chi connectivity index (χ2v) is 4.40. The molecule has 0 heterocycles. The van der Waals surface area contributed by atoms with Gasteiger partial charge in [0.15, 0.2) is 0 Å². The fraction of sp³-hybridized carbons (Fsp3) is 0.455. The highest BCUT2D eigenvalue weighted by Crippen LogP contribution is 2.19. The van der Waals surface area contributed by atoms with Crippen molar-refractivity contribution in [2.24, 2.45) is 5.73 Å². The van der Waals surface area contributed by atoms with Crippen molar-refractivity contribution in [1.29, 1.82) is 0 Å². The lowest BCUT2D eigenvalue weighted by atomic mass is 10.0. The molecule has 2 nitrogen and oxygen atoms in total. The summed E-state index contributed by atoms with van der Waals surface area (Å²) in [5.74, 6) is -0.251. The minimum atomic E-state index is -0.251. The predicted octanol–water partition coefficient (Wildman–Crippen LogP) is 2.49. The average molecular weight is 276 g/mol. The third-order valence-electron chi connectivity index (χ3n) is 2.45. The lowest BCUT2D eigenvalue weighted by molar-refractivity contribution is 0.0955. The fourth-order valence-electron chi connectivity index (χ4n) is 1.28. The first kappa shape index (κ1) is 12.6. The summed E-state index contributed by atoms with van der Waals surface area (Å²) >= 11 is 3.31. The molecule has 0 radical (unpaired) electrons. The van der Waals surface area contributed by atoms with Crippen LogP contribution >= 0.6 is 15.9 Å². The quantitative estimate of drug-likeness (QED) is 0.917. The Balaban J connectivity index is 2.72. The normalized spacial score (nSPS) is 15.0. The lowest BCUT2D eigenvalue weighted by Crippen LogP contribution is -2.35. The van der Waals surface area contributed by atoms with E-state index in [0.717, 1.165) is 10.0 Å². The van der Waals surface area contributed by atoms with Crippen molar-refractivity contribution in [2.75, 3.05) is 7.11 Å². The summed E-state index contributed by atoms with van der Waals surface area (Å²) < 4.78 is 18.7. The van der Waals surface area contributed by atoms with Gasteiger partial charge in [0.2, 0.25) is 0 Å². The number of methoxy groups -OCH3 is 1. The smallest absolute Gasteiger partial charge is 0.124 e. The van der Waals surface area contributed by atoms with Crippen LogP contribution in [-0.2, 0) is 11.2 Å². The van der Waals surface area contributed by atoms with Gasteiger partial charge < -0.3 is 10.5 Å². The van der Waals surface area contributed by atoms with Crippen LogP contribution in [0, 0.1) is 5.82 Å². The van der Waals surface area contributed by atoms with Crippen LogP contribution in [0.15, 0.2) is 22.7 Å². The molecule has 84 valence electrons. The second-order valence-electron chi connectivity index (χ2n) is 3.54. The van der Waals surface area contributed by atoms with Crippen molar-refractivity contribution < 1.29 is 9.13 Å². The van der Waals surface area contributed by atoms with E-state index >= 15 is 0 Å². The summed E-state index contributed by atoms with van der Waals surface area (Å²) in [5, 5.41) is 0. The number of hydrogen-bond donors (Lipinski definition) is 1. The molecule has 2 atom stereocenters. The molecule has 0 aromatic heterocycles.